The standard InChI is InChI=1S/C8H10FNS.ClH/c9-8-4-3-7(11-8)5-10-6-1-2-6;/h3-4,6,10H,1-2,5H2;1H. The van der Waals surface area contributed by atoms with Gasteiger partial charge >= 0.3 is 0 Å². The van der Waals surface area contributed by atoms with Crippen LogP contribution in [0, 0.1) is 5.13 Å². The maximum absolute atomic E-state index is 12.5. The second-order valence-corrected chi connectivity index (χ2v) is 3.98. The van der Waals surface area contributed by atoms with Crippen LogP contribution in [0.25, 0.3) is 0 Å². The summed E-state index contributed by atoms with van der Waals surface area (Å²) in [5.41, 5.74) is 0. The Labute approximate surface area is 81.4 Å². The van der Waals surface area contributed by atoms with Crippen molar-refractivity contribution in [3.63, 3.8) is 0 Å². The van der Waals surface area contributed by atoms with Crippen LogP contribution in [0.1, 0.15) is 17.7 Å². The quantitative estimate of drug-likeness (QED) is 0.804. The number of halogens is 2. The molecule has 0 atom stereocenters. The molecule has 0 amide bonds. The van der Waals surface area contributed by atoms with Gasteiger partial charge in [-0.1, -0.05) is 0 Å². The third-order valence-corrected chi connectivity index (χ3v) is 2.64. The van der Waals surface area contributed by atoms with Gasteiger partial charge in [-0.2, -0.15) is 4.39 Å². The third kappa shape index (κ3) is 2.73. The highest BCUT2D eigenvalue weighted by molar-refractivity contribution is 7.10. The Hall–Kier alpha value is -0.120. The van der Waals surface area contributed by atoms with Crippen LogP contribution in [-0.2, 0) is 6.54 Å². The van der Waals surface area contributed by atoms with Gasteiger partial charge in [0.1, 0.15) is 0 Å². The van der Waals surface area contributed by atoms with Crippen molar-refractivity contribution in [3.05, 3.63) is 22.1 Å². The summed E-state index contributed by atoms with van der Waals surface area (Å²) in [4.78, 5) is 1.09. The Morgan fingerprint density at radius 3 is 2.75 bits per heavy atom. The van der Waals surface area contributed by atoms with Crippen LogP contribution in [0.5, 0.6) is 0 Å². The SMILES string of the molecule is Cl.Fc1ccc(CNC2CC2)s1. The summed E-state index contributed by atoms with van der Waals surface area (Å²) in [5.74, 6) is 0. The highest BCUT2D eigenvalue weighted by Crippen LogP contribution is 2.20. The van der Waals surface area contributed by atoms with Gasteiger partial charge in [-0.15, -0.1) is 23.7 Å². The van der Waals surface area contributed by atoms with Gasteiger partial charge in [0.25, 0.3) is 0 Å². The van der Waals surface area contributed by atoms with Crippen molar-refractivity contribution in [1.82, 2.24) is 5.32 Å². The van der Waals surface area contributed by atoms with E-state index < -0.39 is 0 Å². The van der Waals surface area contributed by atoms with Gasteiger partial charge in [0.2, 0.25) is 0 Å². The van der Waals surface area contributed by atoms with E-state index in [2.05, 4.69) is 5.32 Å². The molecular formula is C8H11ClFNS. The van der Waals surface area contributed by atoms with E-state index in [0.29, 0.717) is 6.04 Å². The monoisotopic (exact) mass is 207 g/mol. The van der Waals surface area contributed by atoms with E-state index in [1.165, 1.54) is 30.2 Å². The maximum Gasteiger partial charge on any atom is 0.176 e. The summed E-state index contributed by atoms with van der Waals surface area (Å²) < 4.78 is 12.5. The third-order valence-electron chi connectivity index (χ3n) is 1.77. The van der Waals surface area contributed by atoms with E-state index in [0.717, 1.165) is 11.4 Å². The highest BCUT2D eigenvalue weighted by Gasteiger charge is 2.20. The second kappa shape index (κ2) is 4.21. The molecule has 1 aromatic rings. The fourth-order valence-electron chi connectivity index (χ4n) is 0.979. The lowest BCUT2D eigenvalue weighted by Gasteiger charge is -1.96. The Morgan fingerprint density at radius 2 is 2.25 bits per heavy atom. The zero-order valence-corrected chi connectivity index (χ0v) is 8.18. The molecule has 1 fully saturated rings. The number of hydrogen-bond acceptors (Lipinski definition) is 2. The fraction of sp³-hybridized carbons (Fsp3) is 0.500. The van der Waals surface area contributed by atoms with E-state index in [1.807, 2.05) is 6.07 Å². The highest BCUT2D eigenvalue weighted by atomic mass is 35.5. The minimum absolute atomic E-state index is 0. The van der Waals surface area contributed by atoms with Gasteiger partial charge in [0.15, 0.2) is 5.13 Å². The summed E-state index contributed by atoms with van der Waals surface area (Å²) in [7, 11) is 0. The summed E-state index contributed by atoms with van der Waals surface area (Å²) in [6, 6.07) is 4.07. The molecule has 4 heteroatoms. The van der Waals surface area contributed by atoms with Crippen LogP contribution in [0.3, 0.4) is 0 Å². The zero-order valence-electron chi connectivity index (χ0n) is 6.55. The predicted octanol–water partition coefficient (Wildman–Crippen LogP) is 2.56. The normalized spacial score (nSPS) is 15.8. The topological polar surface area (TPSA) is 12.0 Å². The lowest BCUT2D eigenvalue weighted by molar-refractivity contribution is 0.657. The molecule has 1 aromatic heterocycles. The van der Waals surface area contributed by atoms with E-state index >= 15 is 0 Å². The minimum Gasteiger partial charge on any atom is -0.309 e. The molecule has 0 aromatic carbocycles. The van der Waals surface area contributed by atoms with Crippen LogP contribution >= 0.6 is 23.7 Å². The molecule has 0 radical (unpaired) electrons. The Morgan fingerprint density at radius 1 is 1.50 bits per heavy atom. The fourth-order valence-corrected chi connectivity index (χ4v) is 1.66. The average molecular weight is 208 g/mol. The number of nitrogens with one attached hydrogen (secondary N) is 1. The van der Waals surface area contributed by atoms with Crippen molar-refractivity contribution in [2.75, 3.05) is 0 Å². The summed E-state index contributed by atoms with van der Waals surface area (Å²) in [5, 5.41) is 3.24. The van der Waals surface area contributed by atoms with Crippen LogP contribution in [0.2, 0.25) is 0 Å². The van der Waals surface area contributed by atoms with Crippen LogP contribution in [-0.4, -0.2) is 6.04 Å². The first-order valence-electron chi connectivity index (χ1n) is 3.82. The van der Waals surface area contributed by atoms with Gasteiger partial charge < -0.3 is 5.32 Å². The van der Waals surface area contributed by atoms with E-state index in [9.17, 15) is 4.39 Å². The molecule has 2 rings (SSSR count). The molecule has 12 heavy (non-hydrogen) atoms. The Balaban J connectivity index is 0.000000720. The van der Waals surface area contributed by atoms with Gasteiger partial charge in [-0.25, -0.2) is 0 Å². The lowest BCUT2D eigenvalue weighted by atomic mass is 10.4. The smallest absolute Gasteiger partial charge is 0.176 e. The molecule has 68 valence electrons. The Kier molecular flexibility index (Phi) is 3.50. The lowest BCUT2D eigenvalue weighted by Crippen LogP contribution is -2.14. The predicted molar refractivity (Wildman–Crippen MR) is 51.4 cm³/mol. The van der Waals surface area contributed by atoms with Crippen molar-refractivity contribution in [3.8, 4) is 0 Å². The number of thiophene rings is 1. The maximum atomic E-state index is 12.5. The molecule has 1 heterocycles. The van der Waals surface area contributed by atoms with Gasteiger partial charge in [-0.05, 0) is 25.0 Å². The molecule has 1 aliphatic rings. The minimum atomic E-state index is -0.0856. The van der Waals surface area contributed by atoms with Crippen molar-refractivity contribution in [1.29, 1.82) is 0 Å². The summed E-state index contributed by atoms with van der Waals surface area (Å²) in [6.07, 6.45) is 2.57. The first-order valence-corrected chi connectivity index (χ1v) is 4.64. The average Bonchev–Trinajstić information content (AvgIpc) is 2.72. The molecule has 0 bridgehead atoms. The molecule has 0 saturated heterocycles. The molecule has 1 N–H and O–H groups in total. The molecule has 1 aliphatic carbocycles. The number of rotatable bonds is 3. The zero-order chi connectivity index (χ0) is 7.68. The van der Waals surface area contributed by atoms with Gasteiger partial charge in [-0.3, -0.25) is 0 Å². The molecule has 1 nitrogen and oxygen atoms in total. The second-order valence-electron chi connectivity index (χ2n) is 2.86. The van der Waals surface area contributed by atoms with E-state index in [-0.39, 0.29) is 17.5 Å². The first-order chi connectivity index (χ1) is 5.34. The van der Waals surface area contributed by atoms with Crippen LogP contribution in [0.4, 0.5) is 4.39 Å². The summed E-state index contributed by atoms with van der Waals surface area (Å²) in [6.45, 7) is 0.833. The largest absolute Gasteiger partial charge is 0.309 e. The molecule has 0 unspecified atom stereocenters. The Bertz CT molecular complexity index is 247. The molecule has 1 saturated carbocycles. The van der Waals surface area contributed by atoms with Crippen LogP contribution < -0.4 is 5.32 Å². The number of hydrogen-bond donors (Lipinski definition) is 1. The van der Waals surface area contributed by atoms with E-state index in [4.69, 9.17) is 0 Å². The molecular weight excluding hydrogens is 197 g/mol. The van der Waals surface area contributed by atoms with Crippen molar-refractivity contribution < 1.29 is 4.39 Å². The van der Waals surface area contributed by atoms with Gasteiger partial charge in [0, 0.05) is 17.5 Å². The van der Waals surface area contributed by atoms with Crippen molar-refractivity contribution in [2.45, 2.75) is 25.4 Å². The molecule has 0 spiro atoms. The van der Waals surface area contributed by atoms with Crippen molar-refractivity contribution in [2.24, 2.45) is 0 Å². The van der Waals surface area contributed by atoms with Crippen molar-refractivity contribution >= 4 is 23.7 Å². The molecule has 0 aliphatic heterocycles. The first kappa shape index (κ1) is 9.96. The van der Waals surface area contributed by atoms with E-state index in [1.54, 1.807) is 0 Å². The summed E-state index contributed by atoms with van der Waals surface area (Å²) >= 11 is 1.23. The van der Waals surface area contributed by atoms with Crippen LogP contribution in [0.15, 0.2) is 12.1 Å². The van der Waals surface area contributed by atoms with Gasteiger partial charge in [0.05, 0.1) is 0 Å².